The van der Waals surface area contributed by atoms with Gasteiger partial charge in [-0.25, -0.2) is 4.79 Å². The number of Topliss-reactive ketones (excluding diaryl/α,β-unsaturated/α-hetero) is 1. The number of aromatic nitrogens is 2. The molecule has 1 fully saturated rings. The second-order valence-electron chi connectivity index (χ2n) is 8.90. The average Bonchev–Trinajstić information content (AvgIpc) is 3.12. The first-order chi connectivity index (χ1) is 14.9. The highest BCUT2D eigenvalue weighted by Gasteiger charge is 2.28. The van der Waals surface area contributed by atoms with Gasteiger partial charge in [0.25, 0.3) is 0 Å². The van der Waals surface area contributed by atoms with Crippen molar-refractivity contribution in [2.75, 3.05) is 0 Å². The molecule has 1 amide bonds. The minimum absolute atomic E-state index is 0. The zero-order chi connectivity index (χ0) is 22.2. The Kier molecular flexibility index (Phi) is 8.20. The standard InChI is InChI=1S/C24H33N3O4.H2/c1-17(2)15-20(25-23(29)19-11-7-4-8-12-19)21(28)16-27-24(30)31-22(26-27)14-13-18-9-5-3-6-10-18;/h3,5-6,9-10,17,19-20H,4,7-8,11-16H2,1-2H3,(H,25,29);1H/t20-;/m0./s1. The number of hydrogen-bond donors (Lipinski definition) is 1. The summed E-state index contributed by atoms with van der Waals surface area (Å²) in [5.41, 5.74) is 1.12. The molecule has 0 radical (unpaired) electrons. The summed E-state index contributed by atoms with van der Waals surface area (Å²) in [5.74, 6) is -0.379. The monoisotopic (exact) mass is 429 g/mol. The van der Waals surface area contributed by atoms with E-state index in [1.54, 1.807) is 0 Å². The van der Waals surface area contributed by atoms with Crippen molar-refractivity contribution >= 4 is 11.7 Å². The third-order valence-electron chi connectivity index (χ3n) is 5.81. The van der Waals surface area contributed by atoms with Gasteiger partial charge in [0.15, 0.2) is 5.78 Å². The van der Waals surface area contributed by atoms with Crippen LogP contribution in [0.3, 0.4) is 0 Å². The molecule has 2 aromatic rings. The van der Waals surface area contributed by atoms with E-state index in [-0.39, 0.29) is 31.5 Å². The summed E-state index contributed by atoms with van der Waals surface area (Å²) in [6, 6.07) is 9.25. The number of rotatable bonds is 10. The van der Waals surface area contributed by atoms with Crippen molar-refractivity contribution < 1.29 is 15.4 Å². The molecule has 1 N–H and O–H groups in total. The maximum atomic E-state index is 13.0. The van der Waals surface area contributed by atoms with Crippen LogP contribution in [-0.2, 0) is 29.0 Å². The zero-order valence-electron chi connectivity index (χ0n) is 18.5. The molecule has 1 aromatic heterocycles. The summed E-state index contributed by atoms with van der Waals surface area (Å²) >= 11 is 0. The van der Waals surface area contributed by atoms with Crippen LogP contribution in [-0.4, -0.2) is 27.5 Å². The largest absolute Gasteiger partial charge is 0.437 e. The first kappa shape index (κ1) is 23.0. The van der Waals surface area contributed by atoms with Crippen LogP contribution in [0.4, 0.5) is 0 Å². The van der Waals surface area contributed by atoms with Crippen LogP contribution in [0.2, 0.25) is 0 Å². The van der Waals surface area contributed by atoms with Crippen molar-refractivity contribution in [2.24, 2.45) is 11.8 Å². The highest BCUT2D eigenvalue weighted by atomic mass is 16.4. The molecule has 0 unspecified atom stereocenters. The minimum Gasteiger partial charge on any atom is -0.392 e. The van der Waals surface area contributed by atoms with E-state index >= 15 is 0 Å². The normalized spacial score (nSPS) is 15.7. The Bertz CT molecular complexity index is 917. The Balaban J connectivity index is 0.00000363. The summed E-state index contributed by atoms with van der Waals surface area (Å²) in [4.78, 5) is 37.8. The number of carbonyl (C=O) groups excluding carboxylic acids is 2. The van der Waals surface area contributed by atoms with Crippen molar-refractivity contribution in [1.82, 2.24) is 15.1 Å². The van der Waals surface area contributed by atoms with Crippen LogP contribution in [0, 0.1) is 11.8 Å². The molecule has 0 aliphatic heterocycles. The smallest absolute Gasteiger partial charge is 0.392 e. The van der Waals surface area contributed by atoms with Crippen molar-refractivity contribution in [3.8, 4) is 0 Å². The molecular formula is C24H35N3O4. The van der Waals surface area contributed by atoms with E-state index in [1.165, 1.54) is 6.42 Å². The molecule has 1 aliphatic carbocycles. The molecule has 1 aromatic carbocycles. The second kappa shape index (κ2) is 11.1. The predicted octanol–water partition coefficient (Wildman–Crippen LogP) is 3.55. The van der Waals surface area contributed by atoms with Gasteiger partial charge in [-0.15, -0.1) is 5.10 Å². The lowest BCUT2D eigenvalue weighted by atomic mass is 9.88. The van der Waals surface area contributed by atoms with Gasteiger partial charge < -0.3 is 9.73 Å². The Hall–Kier alpha value is -2.70. The summed E-state index contributed by atoms with van der Waals surface area (Å²) < 4.78 is 6.30. The molecule has 0 bridgehead atoms. The van der Waals surface area contributed by atoms with Crippen molar-refractivity contribution in [2.45, 2.75) is 77.8 Å². The number of nitrogens with one attached hydrogen (secondary N) is 1. The van der Waals surface area contributed by atoms with E-state index in [4.69, 9.17) is 4.42 Å². The average molecular weight is 430 g/mol. The molecule has 7 nitrogen and oxygen atoms in total. The highest BCUT2D eigenvalue weighted by Crippen LogP contribution is 2.24. The maximum absolute atomic E-state index is 13.0. The van der Waals surface area contributed by atoms with Gasteiger partial charge in [-0.1, -0.05) is 63.4 Å². The van der Waals surface area contributed by atoms with Crippen LogP contribution in [0.25, 0.3) is 0 Å². The van der Waals surface area contributed by atoms with Crippen LogP contribution >= 0.6 is 0 Å². The van der Waals surface area contributed by atoms with Crippen molar-refractivity contribution in [1.29, 1.82) is 0 Å². The lowest BCUT2D eigenvalue weighted by Gasteiger charge is -2.25. The van der Waals surface area contributed by atoms with Gasteiger partial charge in [-0.05, 0) is 37.2 Å². The second-order valence-corrected chi connectivity index (χ2v) is 8.90. The number of ketones is 1. The number of hydrogen-bond acceptors (Lipinski definition) is 5. The Morgan fingerprint density at radius 1 is 1.16 bits per heavy atom. The van der Waals surface area contributed by atoms with E-state index in [0.717, 1.165) is 35.9 Å². The van der Waals surface area contributed by atoms with Crippen LogP contribution in [0.15, 0.2) is 39.5 Å². The highest BCUT2D eigenvalue weighted by molar-refractivity contribution is 5.89. The van der Waals surface area contributed by atoms with Crippen LogP contribution < -0.4 is 11.1 Å². The van der Waals surface area contributed by atoms with E-state index in [2.05, 4.69) is 10.4 Å². The van der Waals surface area contributed by atoms with Gasteiger partial charge in [-0.2, -0.15) is 4.68 Å². The Labute approximate surface area is 184 Å². The molecule has 0 spiro atoms. The molecule has 0 saturated heterocycles. The van der Waals surface area contributed by atoms with E-state index in [0.29, 0.717) is 25.2 Å². The molecule has 1 atom stereocenters. The van der Waals surface area contributed by atoms with E-state index in [1.807, 2.05) is 44.2 Å². The predicted molar refractivity (Wildman–Crippen MR) is 120 cm³/mol. The van der Waals surface area contributed by atoms with Crippen LogP contribution in [0.5, 0.6) is 0 Å². The van der Waals surface area contributed by atoms with Crippen molar-refractivity contribution in [3.63, 3.8) is 0 Å². The van der Waals surface area contributed by atoms with Gasteiger partial charge in [0, 0.05) is 13.8 Å². The summed E-state index contributed by atoms with van der Waals surface area (Å²) in [5, 5.41) is 7.15. The number of carbonyl (C=O) groups is 2. The van der Waals surface area contributed by atoms with Gasteiger partial charge in [-0.3, -0.25) is 9.59 Å². The summed E-state index contributed by atoms with van der Waals surface area (Å²) in [6.45, 7) is 3.82. The topological polar surface area (TPSA) is 94.2 Å². The molecule has 31 heavy (non-hydrogen) atoms. The van der Waals surface area contributed by atoms with E-state index < -0.39 is 11.8 Å². The summed E-state index contributed by atoms with van der Waals surface area (Å²) in [7, 11) is 0. The fourth-order valence-electron chi connectivity index (χ4n) is 4.10. The number of amides is 1. The first-order valence-corrected chi connectivity index (χ1v) is 11.4. The van der Waals surface area contributed by atoms with E-state index in [9.17, 15) is 14.4 Å². The lowest BCUT2D eigenvalue weighted by molar-refractivity contribution is -0.131. The SMILES string of the molecule is CC(C)C[C@H](NC(=O)C1CCCCC1)C(=O)Cn1nc(CCc2ccccc2)oc1=O.[HH]. The third kappa shape index (κ3) is 6.91. The molecular weight excluding hydrogens is 394 g/mol. The minimum atomic E-state index is -0.640. The fraction of sp³-hybridized carbons (Fsp3) is 0.583. The van der Waals surface area contributed by atoms with Crippen molar-refractivity contribution in [3.05, 3.63) is 52.3 Å². The Morgan fingerprint density at radius 2 is 1.87 bits per heavy atom. The third-order valence-corrected chi connectivity index (χ3v) is 5.81. The van der Waals surface area contributed by atoms with Gasteiger partial charge >= 0.3 is 5.76 Å². The van der Waals surface area contributed by atoms with Crippen LogP contribution in [0.1, 0.15) is 65.3 Å². The molecule has 1 aliphatic rings. The van der Waals surface area contributed by atoms with Gasteiger partial charge in [0.05, 0.1) is 6.04 Å². The quantitative estimate of drug-likeness (QED) is 0.623. The number of aryl methyl sites for hydroxylation is 2. The maximum Gasteiger partial charge on any atom is 0.437 e. The summed E-state index contributed by atoms with van der Waals surface area (Å²) in [6.07, 6.45) is 6.74. The van der Waals surface area contributed by atoms with Gasteiger partial charge in [0.2, 0.25) is 11.8 Å². The Morgan fingerprint density at radius 3 is 2.55 bits per heavy atom. The molecule has 1 heterocycles. The lowest BCUT2D eigenvalue weighted by Crippen LogP contribution is -2.46. The molecule has 3 rings (SSSR count). The van der Waals surface area contributed by atoms with Gasteiger partial charge in [0.1, 0.15) is 6.54 Å². The molecule has 170 valence electrons. The molecule has 1 saturated carbocycles. The fourth-order valence-corrected chi connectivity index (χ4v) is 4.10. The zero-order valence-corrected chi connectivity index (χ0v) is 18.5. The number of nitrogens with zero attached hydrogens (tertiary/aromatic N) is 2. The number of benzene rings is 1. The molecule has 7 heteroatoms. The first-order valence-electron chi connectivity index (χ1n) is 11.4.